The third-order valence-corrected chi connectivity index (χ3v) is 5.63. The zero-order chi connectivity index (χ0) is 17.2. The molecule has 0 atom stereocenters. The van der Waals surface area contributed by atoms with Gasteiger partial charge in [-0.25, -0.2) is 4.98 Å². The Morgan fingerprint density at radius 2 is 2.04 bits per heavy atom. The Labute approximate surface area is 150 Å². The Morgan fingerprint density at radius 1 is 1.20 bits per heavy atom. The van der Waals surface area contributed by atoms with Crippen LogP contribution in [0.4, 0.5) is 0 Å². The molecule has 0 bridgehead atoms. The molecule has 0 radical (unpaired) electrons. The lowest BCUT2D eigenvalue weighted by Gasteiger charge is -2.15. The number of ether oxygens (including phenoxy) is 1. The fourth-order valence-electron chi connectivity index (χ4n) is 3.09. The average molecular weight is 350 g/mol. The van der Waals surface area contributed by atoms with Crippen molar-refractivity contribution in [2.75, 3.05) is 7.11 Å². The van der Waals surface area contributed by atoms with E-state index in [2.05, 4.69) is 34.6 Å². The van der Waals surface area contributed by atoms with E-state index < -0.39 is 0 Å². The van der Waals surface area contributed by atoms with E-state index in [1.165, 1.54) is 21.6 Å². The Morgan fingerprint density at radius 3 is 2.84 bits per heavy atom. The molecule has 1 aliphatic carbocycles. The number of pyridine rings is 1. The summed E-state index contributed by atoms with van der Waals surface area (Å²) in [7, 11) is 1.58. The molecule has 0 aliphatic heterocycles. The quantitative estimate of drug-likeness (QED) is 0.778. The first-order valence-electron chi connectivity index (χ1n) is 8.22. The van der Waals surface area contributed by atoms with Crippen LogP contribution in [0.1, 0.15) is 26.4 Å². The molecule has 2 heterocycles. The number of nitrogens with one attached hydrogen (secondary N) is 1. The molecule has 4 nitrogen and oxygen atoms in total. The van der Waals surface area contributed by atoms with Crippen molar-refractivity contribution in [3.8, 4) is 16.3 Å². The number of benzene rings is 1. The molecule has 5 heteroatoms. The highest BCUT2D eigenvalue weighted by atomic mass is 32.1. The molecule has 0 saturated carbocycles. The van der Waals surface area contributed by atoms with E-state index in [9.17, 15) is 4.79 Å². The second-order valence-corrected chi connectivity index (χ2v) is 7.07. The van der Waals surface area contributed by atoms with Crippen LogP contribution in [0.3, 0.4) is 0 Å². The molecule has 0 spiro atoms. The summed E-state index contributed by atoms with van der Waals surface area (Å²) in [6.07, 6.45) is 3.76. The summed E-state index contributed by atoms with van der Waals surface area (Å²) in [5, 5.41) is 2.98. The summed E-state index contributed by atoms with van der Waals surface area (Å²) < 4.78 is 5.04. The minimum atomic E-state index is -0.0345. The highest BCUT2D eigenvalue weighted by Crippen LogP contribution is 2.39. The number of thiophene rings is 1. The third-order valence-electron chi connectivity index (χ3n) is 4.42. The van der Waals surface area contributed by atoms with Gasteiger partial charge in [0, 0.05) is 23.7 Å². The smallest absolute Gasteiger partial charge is 0.261 e. The van der Waals surface area contributed by atoms with Crippen LogP contribution in [0.5, 0.6) is 5.88 Å². The van der Waals surface area contributed by atoms with Crippen molar-refractivity contribution >= 4 is 17.2 Å². The number of hydrogen-bond acceptors (Lipinski definition) is 4. The molecule has 0 fully saturated rings. The fraction of sp³-hybridized carbons (Fsp3) is 0.200. The normalized spacial score (nSPS) is 12.2. The van der Waals surface area contributed by atoms with Gasteiger partial charge in [-0.05, 0) is 41.2 Å². The number of methoxy groups -OCH3 is 1. The van der Waals surface area contributed by atoms with Crippen LogP contribution >= 0.6 is 11.3 Å². The number of amides is 1. The van der Waals surface area contributed by atoms with Crippen molar-refractivity contribution < 1.29 is 9.53 Å². The van der Waals surface area contributed by atoms with Gasteiger partial charge in [-0.2, -0.15) is 0 Å². The molecular formula is C20H18N2O2S. The summed E-state index contributed by atoms with van der Waals surface area (Å²) in [5.41, 5.74) is 4.86. The number of rotatable bonds is 4. The van der Waals surface area contributed by atoms with Gasteiger partial charge < -0.3 is 10.1 Å². The van der Waals surface area contributed by atoms with Crippen LogP contribution in [0.2, 0.25) is 0 Å². The summed E-state index contributed by atoms with van der Waals surface area (Å²) in [6, 6.07) is 14.2. The minimum Gasteiger partial charge on any atom is -0.481 e. The second kappa shape index (κ2) is 6.69. The number of hydrogen-bond donors (Lipinski definition) is 1. The topological polar surface area (TPSA) is 51.2 Å². The van der Waals surface area contributed by atoms with Gasteiger partial charge in [-0.15, -0.1) is 11.3 Å². The number of carbonyl (C=O) groups excluding carboxylic acids is 1. The van der Waals surface area contributed by atoms with Gasteiger partial charge in [0.1, 0.15) is 0 Å². The largest absolute Gasteiger partial charge is 0.481 e. The summed E-state index contributed by atoms with van der Waals surface area (Å²) >= 11 is 1.58. The average Bonchev–Trinajstić information content (AvgIpc) is 3.11. The van der Waals surface area contributed by atoms with Gasteiger partial charge >= 0.3 is 0 Å². The Hall–Kier alpha value is -2.66. The zero-order valence-electron chi connectivity index (χ0n) is 13.9. The Bertz CT molecular complexity index is 916. The second-order valence-electron chi connectivity index (χ2n) is 6.01. The summed E-state index contributed by atoms with van der Waals surface area (Å²) in [6.45, 7) is 0.453. The standard InChI is InChI=1S/C20H18N2O2S/c1-24-18-9-6-13(11-21-18)12-22-20(23)17-10-15-8-7-14-4-2-3-5-16(14)19(15)25-17/h2-6,9-11H,7-8,12H2,1H3,(H,22,23). The van der Waals surface area contributed by atoms with Crippen LogP contribution in [0.15, 0.2) is 48.7 Å². The van der Waals surface area contributed by atoms with Gasteiger partial charge in [0.05, 0.1) is 12.0 Å². The first kappa shape index (κ1) is 15.8. The van der Waals surface area contributed by atoms with E-state index in [1.807, 2.05) is 12.1 Å². The fourth-order valence-corrected chi connectivity index (χ4v) is 4.28. The SMILES string of the molecule is COc1ccc(CNC(=O)c2cc3c(s2)-c2ccccc2CC3)cn1. The van der Waals surface area contributed by atoms with Crippen LogP contribution in [0, 0.1) is 0 Å². The maximum Gasteiger partial charge on any atom is 0.261 e. The monoisotopic (exact) mass is 350 g/mol. The predicted molar refractivity (Wildman–Crippen MR) is 99.1 cm³/mol. The molecule has 0 unspecified atom stereocenters. The number of fused-ring (bicyclic) bond motifs is 3. The maximum atomic E-state index is 12.5. The maximum absolute atomic E-state index is 12.5. The van der Waals surface area contributed by atoms with Crippen molar-refractivity contribution in [2.45, 2.75) is 19.4 Å². The first-order valence-corrected chi connectivity index (χ1v) is 9.04. The molecule has 2 aromatic heterocycles. The number of aryl methyl sites for hydroxylation is 2. The molecule has 25 heavy (non-hydrogen) atoms. The molecule has 1 N–H and O–H groups in total. The third kappa shape index (κ3) is 3.15. The van der Waals surface area contributed by atoms with Gasteiger partial charge in [-0.1, -0.05) is 30.3 Å². The Kier molecular flexibility index (Phi) is 4.24. The summed E-state index contributed by atoms with van der Waals surface area (Å²) in [4.78, 5) is 18.7. The van der Waals surface area contributed by atoms with E-state index in [1.54, 1.807) is 30.7 Å². The van der Waals surface area contributed by atoms with Crippen molar-refractivity contribution in [3.05, 3.63) is 70.2 Å². The lowest BCUT2D eigenvalue weighted by Crippen LogP contribution is -2.21. The molecule has 1 aliphatic rings. The number of carbonyl (C=O) groups is 1. The predicted octanol–water partition coefficient (Wildman–Crippen LogP) is 3.85. The van der Waals surface area contributed by atoms with Crippen LogP contribution in [0.25, 0.3) is 10.4 Å². The highest BCUT2D eigenvalue weighted by molar-refractivity contribution is 7.17. The lowest BCUT2D eigenvalue weighted by atomic mass is 9.91. The van der Waals surface area contributed by atoms with Gasteiger partial charge in [-0.3, -0.25) is 4.79 Å². The number of aromatic nitrogens is 1. The van der Waals surface area contributed by atoms with Gasteiger partial charge in [0.2, 0.25) is 5.88 Å². The van der Waals surface area contributed by atoms with E-state index in [0.29, 0.717) is 12.4 Å². The first-order chi connectivity index (χ1) is 12.2. The van der Waals surface area contributed by atoms with E-state index >= 15 is 0 Å². The zero-order valence-corrected chi connectivity index (χ0v) is 14.7. The highest BCUT2D eigenvalue weighted by Gasteiger charge is 2.21. The van der Waals surface area contributed by atoms with E-state index in [0.717, 1.165) is 23.3 Å². The van der Waals surface area contributed by atoms with Crippen LogP contribution < -0.4 is 10.1 Å². The lowest BCUT2D eigenvalue weighted by molar-refractivity contribution is 0.0955. The van der Waals surface area contributed by atoms with Crippen molar-refractivity contribution in [2.24, 2.45) is 0 Å². The van der Waals surface area contributed by atoms with Crippen molar-refractivity contribution in [1.29, 1.82) is 0 Å². The van der Waals surface area contributed by atoms with E-state index in [-0.39, 0.29) is 5.91 Å². The van der Waals surface area contributed by atoms with Crippen molar-refractivity contribution in [1.82, 2.24) is 10.3 Å². The van der Waals surface area contributed by atoms with Crippen LogP contribution in [-0.4, -0.2) is 18.0 Å². The number of nitrogens with zero attached hydrogens (tertiary/aromatic N) is 1. The van der Waals surface area contributed by atoms with Gasteiger partial charge in [0.25, 0.3) is 5.91 Å². The molecule has 4 rings (SSSR count). The summed E-state index contributed by atoms with van der Waals surface area (Å²) in [5.74, 6) is 0.535. The van der Waals surface area contributed by atoms with Crippen LogP contribution in [-0.2, 0) is 19.4 Å². The molecule has 3 aromatic rings. The Balaban J connectivity index is 1.49. The molecule has 1 aromatic carbocycles. The molecule has 0 saturated heterocycles. The minimum absolute atomic E-state index is 0.0345. The molecule has 1 amide bonds. The molecular weight excluding hydrogens is 332 g/mol. The molecule has 126 valence electrons. The van der Waals surface area contributed by atoms with Crippen molar-refractivity contribution in [3.63, 3.8) is 0 Å². The van der Waals surface area contributed by atoms with E-state index in [4.69, 9.17) is 4.74 Å². The van der Waals surface area contributed by atoms with Gasteiger partial charge in [0.15, 0.2) is 0 Å².